The lowest BCUT2D eigenvalue weighted by Gasteiger charge is -2.44. The molecule has 3 aromatic rings. The Morgan fingerprint density at radius 1 is 1.08 bits per heavy atom. The van der Waals surface area contributed by atoms with E-state index in [2.05, 4.69) is 48.9 Å². The molecule has 0 saturated carbocycles. The molecule has 0 radical (unpaired) electrons. The third kappa shape index (κ3) is 5.16. The Morgan fingerprint density at radius 3 is 2.65 bits per heavy atom. The van der Waals surface area contributed by atoms with Gasteiger partial charge in [0.05, 0.1) is 29.6 Å². The molecule has 2 aliphatic heterocycles. The summed E-state index contributed by atoms with van der Waals surface area (Å²) in [4.78, 5) is 36.5. The van der Waals surface area contributed by atoms with Gasteiger partial charge in [-0.15, -0.1) is 4.99 Å². The summed E-state index contributed by atoms with van der Waals surface area (Å²) in [6, 6.07) is 9.85. The maximum Gasteiger partial charge on any atom is 0.274 e. The van der Waals surface area contributed by atoms with Crippen molar-refractivity contribution in [1.29, 1.82) is 5.26 Å². The topological polar surface area (TPSA) is 114 Å². The number of hydrogen-bond acceptors (Lipinski definition) is 7. The van der Waals surface area contributed by atoms with Crippen LogP contribution in [0.4, 0.5) is 11.5 Å². The van der Waals surface area contributed by atoms with Crippen molar-refractivity contribution in [2.24, 2.45) is 10.9 Å². The van der Waals surface area contributed by atoms with Gasteiger partial charge in [-0.1, -0.05) is 19.9 Å². The van der Waals surface area contributed by atoms with Crippen molar-refractivity contribution < 1.29 is 4.79 Å². The monoisotopic (exact) mass is 497 g/mol. The largest absolute Gasteiger partial charge is 0.351 e. The van der Waals surface area contributed by atoms with E-state index in [1.807, 2.05) is 41.4 Å². The predicted molar refractivity (Wildman–Crippen MR) is 143 cm³/mol. The van der Waals surface area contributed by atoms with Crippen LogP contribution in [0.25, 0.3) is 10.9 Å². The lowest BCUT2D eigenvalue weighted by atomic mass is 9.99. The molecule has 0 spiro atoms. The highest BCUT2D eigenvalue weighted by molar-refractivity contribution is 6.02. The number of aromatic nitrogens is 3. The molecule has 2 aromatic heterocycles. The molecule has 1 amide bonds. The number of piperazine rings is 1. The van der Waals surface area contributed by atoms with E-state index in [4.69, 9.17) is 0 Å². The normalized spacial score (nSPS) is 18.4. The summed E-state index contributed by atoms with van der Waals surface area (Å²) >= 11 is 0. The third-order valence-electron chi connectivity index (χ3n) is 7.08. The van der Waals surface area contributed by atoms with Crippen molar-refractivity contribution in [3.05, 3.63) is 54.6 Å². The molecule has 37 heavy (non-hydrogen) atoms. The first-order valence-corrected chi connectivity index (χ1v) is 12.8. The number of nitrogens with one attached hydrogen (secondary N) is 1. The molecular formula is C27H31N9O. The van der Waals surface area contributed by atoms with Crippen LogP contribution in [0.5, 0.6) is 0 Å². The van der Waals surface area contributed by atoms with Gasteiger partial charge in [0.1, 0.15) is 11.5 Å². The van der Waals surface area contributed by atoms with Crippen LogP contribution in [0.15, 0.2) is 53.9 Å². The summed E-state index contributed by atoms with van der Waals surface area (Å²) in [6.07, 6.45) is 9.11. The van der Waals surface area contributed by atoms with Gasteiger partial charge in [0.2, 0.25) is 12.2 Å². The third-order valence-corrected chi connectivity index (χ3v) is 7.08. The average Bonchev–Trinajstić information content (AvgIpc) is 3.47. The molecule has 5 rings (SSSR count). The van der Waals surface area contributed by atoms with Crippen molar-refractivity contribution in [3.8, 4) is 6.19 Å². The van der Waals surface area contributed by atoms with E-state index in [1.165, 1.54) is 0 Å². The van der Waals surface area contributed by atoms with Gasteiger partial charge in [0.25, 0.3) is 5.91 Å². The minimum absolute atomic E-state index is 0.0477. The SMILES string of the molecule is CC(C)C1CN(c2cnc(C(=O)N3CCCC3)cn2)CCN1/C(=N\C#N)Nc1cccc2ncccc12. The molecule has 2 fully saturated rings. The fourth-order valence-corrected chi connectivity index (χ4v) is 5.07. The first-order chi connectivity index (χ1) is 18.0. The molecular weight excluding hydrogens is 466 g/mol. The van der Waals surface area contributed by atoms with E-state index < -0.39 is 0 Å². The van der Waals surface area contributed by atoms with Gasteiger partial charge in [-0.3, -0.25) is 9.78 Å². The van der Waals surface area contributed by atoms with Crippen molar-refractivity contribution >= 4 is 34.3 Å². The fraction of sp³-hybridized carbons (Fsp3) is 0.407. The fourth-order valence-electron chi connectivity index (χ4n) is 5.07. The smallest absolute Gasteiger partial charge is 0.274 e. The second-order valence-electron chi connectivity index (χ2n) is 9.75. The molecule has 4 heterocycles. The number of fused-ring (bicyclic) bond motifs is 1. The average molecular weight is 498 g/mol. The molecule has 10 nitrogen and oxygen atoms in total. The number of guanidine groups is 1. The Balaban J connectivity index is 1.33. The van der Waals surface area contributed by atoms with E-state index in [0.717, 1.165) is 48.3 Å². The number of likely N-dealkylation sites (tertiary alicyclic amines) is 1. The van der Waals surface area contributed by atoms with Gasteiger partial charge >= 0.3 is 0 Å². The number of aliphatic imine (C=N–C) groups is 1. The maximum absolute atomic E-state index is 12.6. The van der Waals surface area contributed by atoms with Crippen LogP contribution in [-0.4, -0.2) is 75.4 Å². The van der Waals surface area contributed by atoms with Gasteiger partial charge in [-0.2, -0.15) is 5.26 Å². The molecule has 1 aromatic carbocycles. The van der Waals surface area contributed by atoms with Crippen molar-refractivity contribution in [2.75, 3.05) is 42.9 Å². The van der Waals surface area contributed by atoms with Crippen LogP contribution in [0.1, 0.15) is 37.2 Å². The molecule has 2 aliphatic rings. The first-order valence-electron chi connectivity index (χ1n) is 12.8. The summed E-state index contributed by atoms with van der Waals surface area (Å²) < 4.78 is 0. The number of amides is 1. The zero-order valence-corrected chi connectivity index (χ0v) is 21.2. The summed E-state index contributed by atoms with van der Waals surface area (Å²) in [5.74, 6) is 1.50. The van der Waals surface area contributed by atoms with Gasteiger partial charge < -0.3 is 20.0 Å². The lowest BCUT2D eigenvalue weighted by Crippen LogP contribution is -2.58. The number of hydrogen-bond donors (Lipinski definition) is 1. The molecule has 190 valence electrons. The lowest BCUT2D eigenvalue weighted by molar-refractivity contribution is 0.0786. The quantitative estimate of drug-likeness (QED) is 0.332. The summed E-state index contributed by atoms with van der Waals surface area (Å²) in [5.41, 5.74) is 2.12. The number of nitriles is 1. The standard InChI is InChI=1S/C27H31N9O/c1-19(2)24-17-35(25-16-30-23(15-31-25)26(37)34-11-3-4-12-34)13-14-36(24)27(32-18-28)33-22-9-5-8-21-20(22)7-6-10-29-21/h5-10,15-16,19,24H,3-4,11-14,17H2,1-2H3,(H,32,33). The molecule has 1 atom stereocenters. The Morgan fingerprint density at radius 2 is 1.92 bits per heavy atom. The number of carbonyl (C=O) groups excluding carboxylic acids is 1. The first kappa shape index (κ1) is 24.4. The number of nitrogens with zero attached hydrogens (tertiary/aromatic N) is 8. The summed E-state index contributed by atoms with van der Waals surface area (Å²) in [7, 11) is 0. The number of benzene rings is 1. The van der Waals surface area contributed by atoms with Crippen LogP contribution < -0.4 is 10.2 Å². The Kier molecular flexibility index (Phi) is 7.12. The predicted octanol–water partition coefficient (Wildman–Crippen LogP) is 3.36. The molecule has 1 unspecified atom stereocenters. The van der Waals surface area contributed by atoms with E-state index in [-0.39, 0.29) is 17.9 Å². The van der Waals surface area contributed by atoms with E-state index in [0.29, 0.717) is 31.3 Å². The Hall–Kier alpha value is -4.26. The van der Waals surface area contributed by atoms with E-state index >= 15 is 0 Å². The van der Waals surface area contributed by atoms with Gasteiger partial charge in [-0.25, -0.2) is 9.97 Å². The number of rotatable bonds is 4. The molecule has 2 saturated heterocycles. The highest BCUT2D eigenvalue weighted by Crippen LogP contribution is 2.25. The highest BCUT2D eigenvalue weighted by Gasteiger charge is 2.33. The highest BCUT2D eigenvalue weighted by atomic mass is 16.2. The van der Waals surface area contributed by atoms with Gasteiger partial charge in [0.15, 0.2) is 0 Å². The minimum Gasteiger partial charge on any atom is -0.351 e. The maximum atomic E-state index is 12.6. The van der Waals surface area contributed by atoms with Crippen LogP contribution >= 0.6 is 0 Å². The van der Waals surface area contributed by atoms with Gasteiger partial charge in [-0.05, 0) is 43.0 Å². The van der Waals surface area contributed by atoms with Crippen LogP contribution in [0.2, 0.25) is 0 Å². The zero-order valence-electron chi connectivity index (χ0n) is 21.2. The number of anilines is 2. The zero-order chi connectivity index (χ0) is 25.8. The summed E-state index contributed by atoms with van der Waals surface area (Å²) in [5, 5.41) is 13.9. The minimum atomic E-state index is -0.0477. The van der Waals surface area contributed by atoms with Crippen LogP contribution in [0, 0.1) is 17.4 Å². The van der Waals surface area contributed by atoms with Crippen molar-refractivity contribution in [2.45, 2.75) is 32.7 Å². The number of carbonyl (C=O) groups is 1. The van der Waals surface area contributed by atoms with Crippen molar-refractivity contribution in [3.63, 3.8) is 0 Å². The van der Waals surface area contributed by atoms with E-state index in [9.17, 15) is 10.1 Å². The second-order valence-corrected chi connectivity index (χ2v) is 9.75. The van der Waals surface area contributed by atoms with Crippen LogP contribution in [0.3, 0.4) is 0 Å². The summed E-state index contributed by atoms with van der Waals surface area (Å²) in [6.45, 7) is 7.92. The molecule has 0 bridgehead atoms. The molecule has 1 N–H and O–H groups in total. The molecule has 10 heteroatoms. The van der Waals surface area contributed by atoms with E-state index in [1.54, 1.807) is 18.6 Å². The molecule has 0 aliphatic carbocycles. The Bertz CT molecular complexity index is 1320. The Labute approximate surface area is 216 Å². The van der Waals surface area contributed by atoms with Gasteiger partial charge in [0, 0.05) is 44.3 Å². The second kappa shape index (κ2) is 10.8. The van der Waals surface area contributed by atoms with Crippen molar-refractivity contribution in [1.82, 2.24) is 24.8 Å². The van der Waals surface area contributed by atoms with Crippen LogP contribution in [-0.2, 0) is 0 Å². The number of pyridine rings is 1.